The fourth-order valence-corrected chi connectivity index (χ4v) is 2.43. The fraction of sp³-hybridized carbons (Fsp3) is 0.615. The quantitative estimate of drug-likeness (QED) is 0.861. The molecule has 1 amide bonds. The molecule has 0 saturated heterocycles. The molecule has 0 atom stereocenters. The summed E-state index contributed by atoms with van der Waals surface area (Å²) in [7, 11) is 0. The molecule has 0 spiro atoms. The van der Waals surface area contributed by atoms with Crippen molar-refractivity contribution in [3.8, 4) is 0 Å². The summed E-state index contributed by atoms with van der Waals surface area (Å²) in [5.41, 5.74) is 0.699. The Morgan fingerprint density at radius 3 is 2.53 bits per heavy atom. The predicted octanol–water partition coefficient (Wildman–Crippen LogP) is 1.49. The number of carboxylic acids is 1. The zero-order valence-electron chi connectivity index (χ0n) is 10.9. The summed E-state index contributed by atoms with van der Waals surface area (Å²) in [4.78, 5) is 22.8. The van der Waals surface area contributed by atoms with E-state index in [4.69, 9.17) is 9.63 Å². The van der Waals surface area contributed by atoms with Crippen LogP contribution < -0.4 is 5.32 Å². The number of amides is 1. The van der Waals surface area contributed by atoms with Gasteiger partial charge in [0.05, 0.1) is 12.5 Å². The SMILES string of the molecule is Cc1cc(CNC(=O)C2CCC(C(=O)O)CC2)no1. The molecule has 1 saturated carbocycles. The molecule has 2 N–H and O–H groups in total. The molecule has 1 fully saturated rings. The molecule has 1 heterocycles. The van der Waals surface area contributed by atoms with E-state index in [-0.39, 0.29) is 17.7 Å². The Labute approximate surface area is 111 Å². The Hall–Kier alpha value is -1.85. The molecule has 1 aromatic heterocycles. The molecule has 1 aliphatic carbocycles. The standard InChI is InChI=1S/C13H18N2O4/c1-8-6-11(15-19-8)7-14-12(16)9-2-4-10(5-3-9)13(17)18/h6,9-10H,2-5,7H2,1H3,(H,14,16)(H,17,18). The third-order valence-corrected chi connectivity index (χ3v) is 3.57. The largest absolute Gasteiger partial charge is 0.481 e. The van der Waals surface area contributed by atoms with Crippen LogP contribution in [0.15, 0.2) is 10.6 Å². The van der Waals surface area contributed by atoms with Gasteiger partial charge in [0.2, 0.25) is 5.91 Å². The molecule has 0 aromatic carbocycles. The van der Waals surface area contributed by atoms with Gasteiger partial charge in [-0.3, -0.25) is 9.59 Å². The highest BCUT2D eigenvalue weighted by atomic mass is 16.5. The van der Waals surface area contributed by atoms with E-state index in [0.29, 0.717) is 43.7 Å². The Bertz CT molecular complexity index is 461. The maximum Gasteiger partial charge on any atom is 0.306 e. The van der Waals surface area contributed by atoms with E-state index in [1.807, 2.05) is 0 Å². The molecule has 104 valence electrons. The molecule has 0 radical (unpaired) electrons. The third-order valence-electron chi connectivity index (χ3n) is 3.57. The summed E-state index contributed by atoms with van der Waals surface area (Å²) in [5.74, 6) is -0.432. The first-order valence-electron chi connectivity index (χ1n) is 6.49. The van der Waals surface area contributed by atoms with Crippen LogP contribution in [0.4, 0.5) is 0 Å². The maximum absolute atomic E-state index is 11.9. The normalized spacial score (nSPS) is 23.0. The number of nitrogens with zero attached hydrogens (tertiary/aromatic N) is 1. The van der Waals surface area contributed by atoms with Gasteiger partial charge in [-0.1, -0.05) is 5.16 Å². The van der Waals surface area contributed by atoms with Crippen LogP contribution in [0.2, 0.25) is 0 Å². The molecule has 6 heteroatoms. The molecular weight excluding hydrogens is 248 g/mol. The Balaban J connectivity index is 1.77. The second kappa shape index (κ2) is 5.86. The number of hydrogen-bond acceptors (Lipinski definition) is 4. The van der Waals surface area contributed by atoms with Gasteiger partial charge in [0.15, 0.2) is 0 Å². The van der Waals surface area contributed by atoms with Crippen LogP contribution in [0.3, 0.4) is 0 Å². The van der Waals surface area contributed by atoms with Crippen LogP contribution in [0.5, 0.6) is 0 Å². The summed E-state index contributed by atoms with van der Waals surface area (Å²) < 4.78 is 4.92. The minimum absolute atomic E-state index is 0.0236. The van der Waals surface area contributed by atoms with Gasteiger partial charge in [-0.25, -0.2) is 0 Å². The predicted molar refractivity (Wildman–Crippen MR) is 66.2 cm³/mol. The molecule has 19 heavy (non-hydrogen) atoms. The highest BCUT2D eigenvalue weighted by Crippen LogP contribution is 2.29. The van der Waals surface area contributed by atoms with E-state index in [1.165, 1.54) is 0 Å². The van der Waals surface area contributed by atoms with Gasteiger partial charge in [0.25, 0.3) is 0 Å². The molecule has 0 unspecified atom stereocenters. The van der Waals surface area contributed by atoms with Gasteiger partial charge in [0.1, 0.15) is 11.5 Å². The Morgan fingerprint density at radius 1 is 1.37 bits per heavy atom. The summed E-state index contributed by atoms with van der Waals surface area (Å²) >= 11 is 0. The maximum atomic E-state index is 11.9. The van der Waals surface area contributed by atoms with Crippen molar-refractivity contribution in [1.82, 2.24) is 10.5 Å². The van der Waals surface area contributed by atoms with E-state index < -0.39 is 5.97 Å². The average molecular weight is 266 g/mol. The molecule has 1 aliphatic rings. The first-order valence-corrected chi connectivity index (χ1v) is 6.49. The summed E-state index contributed by atoms with van der Waals surface area (Å²) in [6.07, 6.45) is 2.44. The first kappa shape index (κ1) is 13.6. The van der Waals surface area contributed by atoms with E-state index >= 15 is 0 Å². The van der Waals surface area contributed by atoms with Crippen molar-refractivity contribution in [2.45, 2.75) is 39.2 Å². The van der Waals surface area contributed by atoms with Crippen LogP contribution in [0.25, 0.3) is 0 Å². The first-order chi connectivity index (χ1) is 9.06. The molecule has 6 nitrogen and oxygen atoms in total. The second-order valence-electron chi connectivity index (χ2n) is 5.03. The van der Waals surface area contributed by atoms with E-state index in [9.17, 15) is 9.59 Å². The number of carboxylic acid groups (broad SMARTS) is 1. The van der Waals surface area contributed by atoms with Crippen molar-refractivity contribution < 1.29 is 19.2 Å². The number of hydrogen-bond donors (Lipinski definition) is 2. The van der Waals surface area contributed by atoms with Crippen LogP contribution in [0, 0.1) is 18.8 Å². The van der Waals surface area contributed by atoms with Crippen molar-refractivity contribution in [2.75, 3.05) is 0 Å². The minimum Gasteiger partial charge on any atom is -0.481 e. The van der Waals surface area contributed by atoms with E-state index in [2.05, 4.69) is 10.5 Å². The number of aliphatic carboxylic acids is 1. The molecule has 0 bridgehead atoms. The summed E-state index contributed by atoms with van der Waals surface area (Å²) in [5, 5.41) is 15.5. The highest BCUT2D eigenvalue weighted by molar-refractivity contribution is 5.79. The number of aryl methyl sites for hydroxylation is 1. The monoisotopic (exact) mass is 266 g/mol. The van der Waals surface area contributed by atoms with Crippen LogP contribution in [0.1, 0.15) is 37.1 Å². The Kier molecular flexibility index (Phi) is 4.19. The topological polar surface area (TPSA) is 92.4 Å². The number of aromatic nitrogens is 1. The van der Waals surface area contributed by atoms with Gasteiger partial charge in [-0.2, -0.15) is 0 Å². The lowest BCUT2D eigenvalue weighted by atomic mass is 9.81. The van der Waals surface area contributed by atoms with Gasteiger partial charge in [0, 0.05) is 12.0 Å². The smallest absolute Gasteiger partial charge is 0.306 e. The van der Waals surface area contributed by atoms with Gasteiger partial charge < -0.3 is 14.9 Å². The number of rotatable bonds is 4. The van der Waals surface area contributed by atoms with Gasteiger partial charge >= 0.3 is 5.97 Å². The van der Waals surface area contributed by atoms with Crippen molar-refractivity contribution in [2.24, 2.45) is 11.8 Å². The van der Waals surface area contributed by atoms with Crippen molar-refractivity contribution >= 4 is 11.9 Å². The van der Waals surface area contributed by atoms with E-state index in [0.717, 1.165) is 0 Å². The lowest BCUT2D eigenvalue weighted by Gasteiger charge is -2.25. The van der Waals surface area contributed by atoms with Crippen molar-refractivity contribution in [1.29, 1.82) is 0 Å². The lowest BCUT2D eigenvalue weighted by molar-refractivity contribution is -0.144. The third kappa shape index (κ3) is 3.56. The van der Waals surface area contributed by atoms with Crippen molar-refractivity contribution in [3.63, 3.8) is 0 Å². The molecular formula is C13H18N2O4. The van der Waals surface area contributed by atoms with Gasteiger partial charge in [-0.15, -0.1) is 0 Å². The highest BCUT2D eigenvalue weighted by Gasteiger charge is 2.29. The van der Waals surface area contributed by atoms with Gasteiger partial charge in [-0.05, 0) is 32.6 Å². The molecule has 0 aliphatic heterocycles. The fourth-order valence-electron chi connectivity index (χ4n) is 2.43. The van der Waals surface area contributed by atoms with Crippen LogP contribution >= 0.6 is 0 Å². The number of carbonyl (C=O) groups excluding carboxylic acids is 1. The van der Waals surface area contributed by atoms with Crippen LogP contribution in [-0.4, -0.2) is 22.1 Å². The summed E-state index contributed by atoms with van der Waals surface area (Å²) in [6, 6.07) is 1.78. The van der Waals surface area contributed by atoms with Crippen LogP contribution in [-0.2, 0) is 16.1 Å². The molecule has 1 aromatic rings. The number of carbonyl (C=O) groups is 2. The van der Waals surface area contributed by atoms with Crippen molar-refractivity contribution in [3.05, 3.63) is 17.5 Å². The zero-order chi connectivity index (χ0) is 13.8. The summed E-state index contributed by atoms with van der Waals surface area (Å²) in [6.45, 7) is 2.15. The second-order valence-corrected chi connectivity index (χ2v) is 5.03. The van der Waals surface area contributed by atoms with E-state index in [1.54, 1.807) is 13.0 Å². The minimum atomic E-state index is -0.753. The molecule has 2 rings (SSSR count). The lowest BCUT2D eigenvalue weighted by Crippen LogP contribution is -2.34. The average Bonchev–Trinajstić information content (AvgIpc) is 2.82. The zero-order valence-corrected chi connectivity index (χ0v) is 10.9. The number of nitrogens with one attached hydrogen (secondary N) is 1. The Morgan fingerprint density at radius 2 is 2.00 bits per heavy atom.